The van der Waals surface area contributed by atoms with Crippen LogP contribution in [0.4, 0.5) is 11.6 Å². The van der Waals surface area contributed by atoms with E-state index in [1.165, 1.54) is 6.33 Å². The molecular formula is C11H19BrN4O. The molecule has 0 saturated carbocycles. The second-order valence-corrected chi connectivity index (χ2v) is 5.02. The van der Waals surface area contributed by atoms with E-state index in [1.54, 1.807) is 7.11 Å². The molecule has 1 aromatic rings. The van der Waals surface area contributed by atoms with Crippen LogP contribution in [0, 0.1) is 5.92 Å². The summed E-state index contributed by atoms with van der Waals surface area (Å²) in [6, 6.07) is 0. The number of nitrogen functional groups attached to an aromatic ring is 1. The van der Waals surface area contributed by atoms with Gasteiger partial charge in [0.15, 0.2) is 0 Å². The van der Waals surface area contributed by atoms with Crippen molar-refractivity contribution >= 4 is 27.6 Å². The Bertz CT molecular complexity index is 359. The minimum absolute atomic E-state index is 0.459. The van der Waals surface area contributed by atoms with Crippen LogP contribution < -0.4 is 10.6 Å². The van der Waals surface area contributed by atoms with Gasteiger partial charge in [-0.05, 0) is 21.8 Å². The summed E-state index contributed by atoms with van der Waals surface area (Å²) in [5, 5.41) is 0. The third-order valence-electron chi connectivity index (χ3n) is 2.25. The number of halogens is 1. The minimum atomic E-state index is 0.459. The molecule has 0 aliphatic heterocycles. The van der Waals surface area contributed by atoms with E-state index in [0.29, 0.717) is 18.3 Å². The molecule has 1 heterocycles. The quantitative estimate of drug-likeness (QED) is 0.870. The number of rotatable bonds is 6. The summed E-state index contributed by atoms with van der Waals surface area (Å²) in [4.78, 5) is 10.4. The SMILES string of the molecule is COCCN(CC(C)C)c1ncnc(N)c1Br. The molecule has 6 heteroatoms. The van der Waals surface area contributed by atoms with Crippen LogP contribution >= 0.6 is 15.9 Å². The van der Waals surface area contributed by atoms with Gasteiger partial charge < -0.3 is 15.4 Å². The highest BCUT2D eigenvalue weighted by Crippen LogP contribution is 2.27. The van der Waals surface area contributed by atoms with Crippen molar-refractivity contribution in [1.82, 2.24) is 9.97 Å². The number of methoxy groups -OCH3 is 1. The van der Waals surface area contributed by atoms with Crippen LogP contribution in [0.5, 0.6) is 0 Å². The lowest BCUT2D eigenvalue weighted by molar-refractivity contribution is 0.204. The van der Waals surface area contributed by atoms with E-state index in [4.69, 9.17) is 10.5 Å². The van der Waals surface area contributed by atoms with Gasteiger partial charge in [0.2, 0.25) is 0 Å². The maximum absolute atomic E-state index is 5.76. The summed E-state index contributed by atoms with van der Waals surface area (Å²) in [5.74, 6) is 1.82. The molecule has 5 nitrogen and oxygen atoms in total. The Hall–Kier alpha value is -0.880. The first-order valence-corrected chi connectivity index (χ1v) is 6.35. The first-order chi connectivity index (χ1) is 8.06. The van der Waals surface area contributed by atoms with Gasteiger partial charge in [-0.3, -0.25) is 0 Å². The average molecular weight is 303 g/mol. The number of nitrogens with zero attached hydrogens (tertiary/aromatic N) is 3. The molecule has 0 aromatic carbocycles. The van der Waals surface area contributed by atoms with Crippen molar-refractivity contribution in [2.75, 3.05) is 37.4 Å². The standard InChI is InChI=1S/C11H19BrN4O/c1-8(2)6-16(4-5-17-3)11-9(12)10(13)14-7-15-11/h7-8H,4-6H2,1-3H3,(H2,13,14,15). The van der Waals surface area contributed by atoms with Gasteiger partial charge in [-0.25, -0.2) is 9.97 Å². The molecule has 0 amide bonds. The zero-order chi connectivity index (χ0) is 12.8. The largest absolute Gasteiger partial charge is 0.383 e. The Kier molecular flexibility index (Phi) is 5.64. The van der Waals surface area contributed by atoms with Gasteiger partial charge in [0.1, 0.15) is 22.4 Å². The minimum Gasteiger partial charge on any atom is -0.383 e. The van der Waals surface area contributed by atoms with Crippen LogP contribution in [-0.2, 0) is 4.74 Å². The molecule has 17 heavy (non-hydrogen) atoms. The summed E-state index contributed by atoms with van der Waals surface area (Å²) in [6.07, 6.45) is 1.48. The maximum atomic E-state index is 5.76. The molecule has 2 N–H and O–H groups in total. The van der Waals surface area contributed by atoms with E-state index < -0.39 is 0 Å². The molecule has 0 aliphatic rings. The van der Waals surface area contributed by atoms with Crippen LogP contribution in [0.25, 0.3) is 0 Å². The van der Waals surface area contributed by atoms with Gasteiger partial charge in [0.05, 0.1) is 6.61 Å². The highest BCUT2D eigenvalue weighted by molar-refractivity contribution is 9.10. The van der Waals surface area contributed by atoms with Gasteiger partial charge in [-0.2, -0.15) is 0 Å². The molecule has 96 valence electrons. The van der Waals surface area contributed by atoms with Crippen LogP contribution in [-0.4, -0.2) is 36.8 Å². The molecule has 0 bridgehead atoms. The lowest BCUT2D eigenvalue weighted by Crippen LogP contribution is -2.32. The second-order valence-electron chi connectivity index (χ2n) is 4.23. The summed E-state index contributed by atoms with van der Waals surface area (Å²) in [6.45, 7) is 6.67. The highest BCUT2D eigenvalue weighted by Gasteiger charge is 2.15. The second kappa shape index (κ2) is 6.76. The Labute approximate surface area is 111 Å². The Morgan fingerprint density at radius 1 is 1.47 bits per heavy atom. The van der Waals surface area contributed by atoms with Crippen molar-refractivity contribution in [2.45, 2.75) is 13.8 Å². The lowest BCUT2D eigenvalue weighted by atomic mass is 10.2. The molecule has 0 unspecified atom stereocenters. The summed E-state index contributed by atoms with van der Waals surface area (Å²) in [5.41, 5.74) is 5.76. The van der Waals surface area contributed by atoms with Crippen molar-refractivity contribution < 1.29 is 4.74 Å². The highest BCUT2D eigenvalue weighted by atomic mass is 79.9. The van der Waals surface area contributed by atoms with E-state index in [1.807, 2.05) is 0 Å². The van der Waals surface area contributed by atoms with Crippen molar-refractivity contribution in [2.24, 2.45) is 5.92 Å². The Morgan fingerprint density at radius 3 is 2.76 bits per heavy atom. The van der Waals surface area contributed by atoms with Crippen LogP contribution in [0.1, 0.15) is 13.8 Å². The fraction of sp³-hybridized carbons (Fsp3) is 0.636. The number of hydrogen-bond acceptors (Lipinski definition) is 5. The summed E-state index contributed by atoms with van der Waals surface area (Å²) in [7, 11) is 1.69. The van der Waals surface area contributed by atoms with Gasteiger partial charge in [0.25, 0.3) is 0 Å². The smallest absolute Gasteiger partial charge is 0.148 e. The van der Waals surface area contributed by atoms with E-state index in [0.717, 1.165) is 23.4 Å². The number of aromatic nitrogens is 2. The fourth-order valence-corrected chi connectivity index (χ4v) is 1.98. The molecular weight excluding hydrogens is 284 g/mol. The Morgan fingerprint density at radius 2 is 2.18 bits per heavy atom. The number of anilines is 2. The molecule has 0 fully saturated rings. The number of hydrogen-bond donors (Lipinski definition) is 1. The molecule has 1 rings (SSSR count). The normalized spacial score (nSPS) is 10.9. The topological polar surface area (TPSA) is 64.3 Å². The predicted octanol–water partition coefficient (Wildman–Crippen LogP) is 1.93. The van der Waals surface area contributed by atoms with E-state index in [9.17, 15) is 0 Å². The molecule has 0 aliphatic carbocycles. The van der Waals surface area contributed by atoms with Gasteiger partial charge in [0, 0.05) is 20.2 Å². The number of ether oxygens (including phenoxy) is 1. The predicted molar refractivity (Wildman–Crippen MR) is 73.1 cm³/mol. The summed E-state index contributed by atoms with van der Waals surface area (Å²) >= 11 is 3.43. The zero-order valence-corrected chi connectivity index (χ0v) is 12.1. The van der Waals surface area contributed by atoms with Crippen LogP contribution in [0.2, 0.25) is 0 Å². The third kappa shape index (κ3) is 4.12. The van der Waals surface area contributed by atoms with E-state index in [2.05, 4.69) is 44.6 Å². The lowest BCUT2D eigenvalue weighted by Gasteiger charge is -2.26. The molecule has 0 saturated heterocycles. The van der Waals surface area contributed by atoms with Crippen LogP contribution in [0.15, 0.2) is 10.8 Å². The van der Waals surface area contributed by atoms with Gasteiger partial charge in [-0.1, -0.05) is 13.8 Å². The molecule has 0 spiro atoms. The monoisotopic (exact) mass is 302 g/mol. The summed E-state index contributed by atoms with van der Waals surface area (Å²) < 4.78 is 5.86. The third-order valence-corrected chi connectivity index (χ3v) is 3.01. The van der Waals surface area contributed by atoms with Crippen molar-refractivity contribution in [1.29, 1.82) is 0 Å². The average Bonchev–Trinajstić information content (AvgIpc) is 2.28. The molecule has 0 atom stereocenters. The first-order valence-electron chi connectivity index (χ1n) is 5.56. The molecule has 1 aromatic heterocycles. The molecule has 0 radical (unpaired) electrons. The number of nitrogens with two attached hydrogens (primary N) is 1. The Balaban J connectivity index is 2.90. The van der Waals surface area contributed by atoms with Crippen molar-refractivity contribution in [3.8, 4) is 0 Å². The van der Waals surface area contributed by atoms with Crippen molar-refractivity contribution in [3.05, 3.63) is 10.8 Å². The maximum Gasteiger partial charge on any atom is 0.148 e. The van der Waals surface area contributed by atoms with E-state index >= 15 is 0 Å². The van der Waals surface area contributed by atoms with E-state index in [-0.39, 0.29) is 0 Å². The van der Waals surface area contributed by atoms with Gasteiger partial charge >= 0.3 is 0 Å². The van der Waals surface area contributed by atoms with Crippen LogP contribution in [0.3, 0.4) is 0 Å². The zero-order valence-electron chi connectivity index (χ0n) is 10.5. The fourth-order valence-electron chi connectivity index (χ4n) is 1.52. The first kappa shape index (κ1) is 14.2. The van der Waals surface area contributed by atoms with Crippen molar-refractivity contribution in [3.63, 3.8) is 0 Å². The van der Waals surface area contributed by atoms with Gasteiger partial charge in [-0.15, -0.1) is 0 Å².